The molecule has 0 radical (unpaired) electrons. The summed E-state index contributed by atoms with van der Waals surface area (Å²) < 4.78 is 12.2. The van der Waals surface area contributed by atoms with E-state index in [1.54, 1.807) is 0 Å². The summed E-state index contributed by atoms with van der Waals surface area (Å²) in [6, 6.07) is 0. The summed E-state index contributed by atoms with van der Waals surface area (Å²) in [6.07, 6.45) is 14.1. The van der Waals surface area contributed by atoms with Gasteiger partial charge in [-0.3, -0.25) is 0 Å². The predicted octanol–water partition coefficient (Wildman–Crippen LogP) is 6.42. The van der Waals surface area contributed by atoms with Gasteiger partial charge in [-0.15, -0.1) is 7.92 Å². The highest BCUT2D eigenvalue weighted by Crippen LogP contribution is 2.32. The van der Waals surface area contributed by atoms with Gasteiger partial charge in [0.2, 0.25) is 0 Å². The van der Waals surface area contributed by atoms with Crippen molar-refractivity contribution >= 4 is 7.92 Å². The van der Waals surface area contributed by atoms with Gasteiger partial charge in [-0.1, -0.05) is 45.4 Å². The van der Waals surface area contributed by atoms with Crippen molar-refractivity contribution in [3.63, 3.8) is 0 Å². The molecule has 0 atom stereocenters. The fraction of sp³-hybridized carbons (Fsp3) is 1.00. The number of hydrogen-bond acceptors (Lipinski definition) is 2. The van der Waals surface area contributed by atoms with Crippen LogP contribution in [0, 0.1) is 0 Å². The van der Waals surface area contributed by atoms with E-state index in [9.17, 15) is 0 Å². The maximum Gasteiger partial charge on any atom is 0.168 e. The molecule has 2 nitrogen and oxygen atoms in total. The molecule has 0 unspecified atom stereocenters. The van der Waals surface area contributed by atoms with Crippen LogP contribution in [0.5, 0.6) is 0 Å². The molecular formula is C19H41O2P. The van der Waals surface area contributed by atoms with Crippen LogP contribution in [0.3, 0.4) is 0 Å². The van der Waals surface area contributed by atoms with E-state index in [0.29, 0.717) is 0 Å². The van der Waals surface area contributed by atoms with Crippen LogP contribution < -0.4 is 0 Å². The van der Waals surface area contributed by atoms with E-state index in [1.165, 1.54) is 57.5 Å². The van der Waals surface area contributed by atoms with E-state index in [2.05, 4.69) is 34.1 Å². The van der Waals surface area contributed by atoms with Gasteiger partial charge in [0.1, 0.15) is 0 Å². The Morgan fingerprint density at radius 3 is 1.68 bits per heavy atom. The lowest BCUT2D eigenvalue weighted by Gasteiger charge is -2.34. The lowest BCUT2D eigenvalue weighted by molar-refractivity contribution is -0.241. The Balaban J connectivity index is 4.14. The molecule has 0 aromatic heterocycles. The third-order valence-electron chi connectivity index (χ3n) is 4.14. The third-order valence-corrected chi connectivity index (χ3v) is 5.35. The van der Waals surface area contributed by atoms with Gasteiger partial charge in [0.25, 0.3) is 0 Å². The zero-order chi connectivity index (χ0) is 16.7. The first-order valence-electron chi connectivity index (χ1n) is 9.52. The Bertz CT molecular complexity index is 225. The Morgan fingerprint density at radius 2 is 1.18 bits per heavy atom. The largest absolute Gasteiger partial charge is 0.350 e. The molecule has 0 bridgehead atoms. The molecule has 3 heteroatoms. The standard InChI is InChI=1S/C19H41O2P/c1-6-9-10-11-12-13-14-16-19(20-7-2,21-8-3)17-15-18-22(4)5/h6-18H2,1-5H3. The number of rotatable bonds is 16. The molecule has 0 aliphatic heterocycles. The van der Waals surface area contributed by atoms with Gasteiger partial charge in [-0.2, -0.15) is 0 Å². The smallest absolute Gasteiger partial charge is 0.168 e. The molecule has 22 heavy (non-hydrogen) atoms. The molecule has 0 fully saturated rings. The Kier molecular flexibility index (Phi) is 15.1. The van der Waals surface area contributed by atoms with E-state index >= 15 is 0 Å². The van der Waals surface area contributed by atoms with Crippen LogP contribution in [0.4, 0.5) is 0 Å². The normalized spacial score (nSPS) is 12.3. The Labute approximate surface area is 141 Å². The highest BCUT2D eigenvalue weighted by atomic mass is 31.1. The van der Waals surface area contributed by atoms with E-state index in [0.717, 1.165) is 26.1 Å². The Hall–Kier alpha value is 0.350. The molecule has 0 amide bonds. The molecule has 0 aliphatic rings. The van der Waals surface area contributed by atoms with Crippen molar-refractivity contribution in [2.45, 2.75) is 90.8 Å². The average Bonchev–Trinajstić information content (AvgIpc) is 2.46. The van der Waals surface area contributed by atoms with E-state index in [-0.39, 0.29) is 13.7 Å². The van der Waals surface area contributed by atoms with Crippen molar-refractivity contribution in [3.8, 4) is 0 Å². The Morgan fingerprint density at radius 1 is 0.682 bits per heavy atom. The van der Waals surface area contributed by atoms with Crippen LogP contribution in [-0.4, -0.2) is 38.5 Å². The zero-order valence-corrected chi connectivity index (χ0v) is 16.9. The van der Waals surface area contributed by atoms with Crippen LogP contribution in [-0.2, 0) is 9.47 Å². The van der Waals surface area contributed by atoms with Crippen molar-refractivity contribution in [1.29, 1.82) is 0 Å². The molecule has 0 rings (SSSR count). The fourth-order valence-electron chi connectivity index (χ4n) is 3.00. The van der Waals surface area contributed by atoms with Gasteiger partial charge >= 0.3 is 0 Å². The van der Waals surface area contributed by atoms with Crippen LogP contribution >= 0.6 is 7.92 Å². The summed E-state index contributed by atoms with van der Waals surface area (Å²) in [5.74, 6) is -0.307. The second-order valence-electron chi connectivity index (χ2n) is 6.55. The van der Waals surface area contributed by atoms with Gasteiger partial charge < -0.3 is 9.47 Å². The molecule has 0 heterocycles. The minimum atomic E-state index is -0.307. The van der Waals surface area contributed by atoms with Crippen LogP contribution in [0.25, 0.3) is 0 Å². The molecular weight excluding hydrogens is 291 g/mol. The first-order chi connectivity index (χ1) is 10.6. The van der Waals surface area contributed by atoms with Gasteiger partial charge in [-0.05, 0) is 46.2 Å². The highest BCUT2D eigenvalue weighted by molar-refractivity contribution is 7.55. The monoisotopic (exact) mass is 332 g/mol. The van der Waals surface area contributed by atoms with Crippen LogP contribution in [0.2, 0.25) is 0 Å². The lowest BCUT2D eigenvalue weighted by atomic mass is 10.0. The second-order valence-corrected chi connectivity index (χ2v) is 9.16. The van der Waals surface area contributed by atoms with Crippen LogP contribution in [0.15, 0.2) is 0 Å². The summed E-state index contributed by atoms with van der Waals surface area (Å²) in [5.41, 5.74) is 0. The summed E-state index contributed by atoms with van der Waals surface area (Å²) in [5, 5.41) is 0. The maximum atomic E-state index is 6.08. The average molecular weight is 333 g/mol. The maximum absolute atomic E-state index is 6.08. The minimum absolute atomic E-state index is 0.192. The topological polar surface area (TPSA) is 18.5 Å². The van der Waals surface area contributed by atoms with Crippen molar-refractivity contribution in [2.24, 2.45) is 0 Å². The number of hydrogen-bond donors (Lipinski definition) is 0. The summed E-state index contributed by atoms with van der Waals surface area (Å²) >= 11 is 0. The summed E-state index contributed by atoms with van der Waals surface area (Å²) in [7, 11) is 0.192. The van der Waals surface area contributed by atoms with E-state index < -0.39 is 0 Å². The van der Waals surface area contributed by atoms with E-state index in [4.69, 9.17) is 9.47 Å². The highest BCUT2D eigenvalue weighted by Gasteiger charge is 2.30. The zero-order valence-electron chi connectivity index (χ0n) is 16.0. The van der Waals surface area contributed by atoms with Gasteiger partial charge in [-0.25, -0.2) is 0 Å². The third kappa shape index (κ3) is 11.9. The molecule has 0 saturated carbocycles. The summed E-state index contributed by atoms with van der Waals surface area (Å²) in [6.45, 7) is 12.7. The quantitative estimate of drug-likeness (QED) is 0.184. The van der Waals surface area contributed by atoms with Crippen molar-refractivity contribution in [2.75, 3.05) is 32.7 Å². The van der Waals surface area contributed by atoms with E-state index in [1.807, 2.05) is 0 Å². The minimum Gasteiger partial charge on any atom is -0.350 e. The van der Waals surface area contributed by atoms with Gasteiger partial charge in [0, 0.05) is 26.1 Å². The van der Waals surface area contributed by atoms with Gasteiger partial charge in [0.15, 0.2) is 5.79 Å². The van der Waals surface area contributed by atoms with Crippen molar-refractivity contribution in [1.82, 2.24) is 0 Å². The molecule has 0 aromatic rings. The lowest BCUT2D eigenvalue weighted by Crippen LogP contribution is -2.36. The fourth-order valence-corrected chi connectivity index (χ4v) is 3.79. The molecule has 0 aliphatic carbocycles. The summed E-state index contributed by atoms with van der Waals surface area (Å²) in [4.78, 5) is 0. The molecule has 0 N–H and O–H groups in total. The van der Waals surface area contributed by atoms with Crippen LogP contribution in [0.1, 0.15) is 85.0 Å². The molecule has 0 aromatic carbocycles. The first-order valence-corrected chi connectivity index (χ1v) is 11.9. The molecule has 134 valence electrons. The van der Waals surface area contributed by atoms with Gasteiger partial charge in [0.05, 0.1) is 0 Å². The predicted molar refractivity (Wildman–Crippen MR) is 101 cm³/mol. The van der Waals surface area contributed by atoms with Crippen molar-refractivity contribution in [3.05, 3.63) is 0 Å². The molecule has 0 spiro atoms. The second kappa shape index (κ2) is 14.9. The number of ether oxygens (including phenoxy) is 2. The SMILES string of the molecule is CCCCCCCCCC(CCCP(C)C)(OCC)OCC. The number of unbranched alkanes of at least 4 members (excludes halogenated alkanes) is 6. The molecule has 0 saturated heterocycles. The first kappa shape index (κ1) is 22.4. The van der Waals surface area contributed by atoms with Crippen molar-refractivity contribution < 1.29 is 9.47 Å².